The van der Waals surface area contributed by atoms with Gasteiger partial charge in [0.2, 0.25) is 0 Å². The molecule has 1 saturated carbocycles. The summed E-state index contributed by atoms with van der Waals surface area (Å²) in [5.74, 6) is 1.06. The lowest BCUT2D eigenvalue weighted by Crippen LogP contribution is -2.36. The molecule has 0 radical (unpaired) electrons. The molecule has 2 N–H and O–H groups in total. The quantitative estimate of drug-likeness (QED) is 0.876. The van der Waals surface area contributed by atoms with Crippen LogP contribution in [0.25, 0.3) is 0 Å². The summed E-state index contributed by atoms with van der Waals surface area (Å²) in [7, 11) is 0. The first-order valence-electron chi connectivity index (χ1n) is 8.48. The molecule has 0 aromatic carbocycles. The first-order valence-corrected chi connectivity index (χ1v) is 8.48. The van der Waals surface area contributed by atoms with Gasteiger partial charge in [-0.1, -0.05) is 33.1 Å². The van der Waals surface area contributed by atoms with Crippen LogP contribution in [0.3, 0.4) is 0 Å². The molecule has 122 valence electrons. The molecule has 22 heavy (non-hydrogen) atoms. The Balaban J connectivity index is 1.81. The molecule has 0 aliphatic heterocycles. The average molecular weight is 305 g/mol. The number of fused-ring (bicyclic) bond motifs is 1. The number of aliphatic hydroxyl groups is 1. The molecule has 2 aliphatic carbocycles. The Hall–Kier alpha value is -1.29. The Bertz CT molecular complexity index is 567. The molecule has 1 aromatic rings. The zero-order valence-corrected chi connectivity index (χ0v) is 13.9. The van der Waals surface area contributed by atoms with Crippen LogP contribution in [0.4, 0.5) is 0 Å². The van der Waals surface area contributed by atoms with Crippen molar-refractivity contribution in [3.05, 3.63) is 22.6 Å². The van der Waals surface area contributed by atoms with E-state index < -0.39 is 6.10 Å². The van der Waals surface area contributed by atoms with Crippen molar-refractivity contribution in [3.8, 4) is 0 Å². The topological polar surface area (TPSA) is 62.5 Å². The lowest BCUT2D eigenvalue weighted by molar-refractivity contribution is 0.0868. The number of hydrogen-bond acceptors (Lipinski definition) is 3. The van der Waals surface area contributed by atoms with Crippen LogP contribution in [0.5, 0.6) is 0 Å². The summed E-state index contributed by atoms with van der Waals surface area (Å²) in [6, 6.07) is 0.268. The van der Waals surface area contributed by atoms with Gasteiger partial charge in [-0.2, -0.15) is 0 Å². The summed E-state index contributed by atoms with van der Waals surface area (Å²) in [5, 5.41) is 13.5. The first-order chi connectivity index (χ1) is 10.4. The molecule has 4 nitrogen and oxygen atoms in total. The van der Waals surface area contributed by atoms with Gasteiger partial charge in [0.05, 0.1) is 6.10 Å². The summed E-state index contributed by atoms with van der Waals surface area (Å²) in [6.07, 6.45) is 6.71. The third-order valence-corrected chi connectivity index (χ3v) is 5.14. The van der Waals surface area contributed by atoms with Crippen molar-refractivity contribution in [1.82, 2.24) is 5.32 Å². The Morgan fingerprint density at radius 3 is 2.64 bits per heavy atom. The Kier molecular flexibility index (Phi) is 4.06. The highest BCUT2D eigenvalue weighted by Crippen LogP contribution is 2.43. The highest BCUT2D eigenvalue weighted by molar-refractivity contribution is 5.93. The van der Waals surface area contributed by atoms with Crippen LogP contribution in [0.2, 0.25) is 0 Å². The molecule has 0 bridgehead atoms. The fraction of sp³-hybridized carbons (Fsp3) is 0.722. The summed E-state index contributed by atoms with van der Waals surface area (Å²) in [4.78, 5) is 12.5. The fourth-order valence-electron chi connectivity index (χ4n) is 4.00. The summed E-state index contributed by atoms with van der Waals surface area (Å²) < 4.78 is 5.87. The van der Waals surface area contributed by atoms with Gasteiger partial charge in [-0.15, -0.1) is 0 Å². The molecule has 1 fully saturated rings. The molecule has 0 spiro atoms. The van der Waals surface area contributed by atoms with Gasteiger partial charge in [-0.3, -0.25) is 4.79 Å². The van der Waals surface area contributed by atoms with E-state index in [1.807, 2.05) is 6.92 Å². The average Bonchev–Trinajstić information content (AvgIpc) is 2.75. The molecule has 1 aromatic heterocycles. The minimum absolute atomic E-state index is 0.00776. The number of rotatable bonds is 2. The van der Waals surface area contributed by atoms with Crippen LogP contribution in [0.1, 0.15) is 85.9 Å². The van der Waals surface area contributed by atoms with E-state index in [9.17, 15) is 9.90 Å². The second-order valence-electron chi connectivity index (χ2n) is 7.76. The molecular weight excluding hydrogens is 278 g/mol. The molecule has 1 atom stereocenters. The number of carbonyl (C=O) groups is 1. The van der Waals surface area contributed by atoms with E-state index in [4.69, 9.17) is 4.42 Å². The molecule has 1 amide bonds. The molecule has 2 aliphatic rings. The van der Waals surface area contributed by atoms with Gasteiger partial charge in [0.15, 0.2) is 5.76 Å². The zero-order chi connectivity index (χ0) is 15.9. The van der Waals surface area contributed by atoms with Gasteiger partial charge in [-0.05, 0) is 31.6 Å². The maximum atomic E-state index is 12.5. The third-order valence-electron chi connectivity index (χ3n) is 5.14. The van der Waals surface area contributed by atoms with E-state index in [0.29, 0.717) is 12.2 Å². The highest BCUT2D eigenvalue weighted by atomic mass is 16.4. The van der Waals surface area contributed by atoms with Gasteiger partial charge in [-0.25, -0.2) is 0 Å². The van der Waals surface area contributed by atoms with E-state index >= 15 is 0 Å². The second kappa shape index (κ2) is 5.73. The molecule has 3 rings (SSSR count). The number of furan rings is 1. The smallest absolute Gasteiger partial charge is 0.287 e. The molecule has 4 heteroatoms. The minimum atomic E-state index is -0.529. The van der Waals surface area contributed by atoms with Crippen LogP contribution >= 0.6 is 0 Å². The van der Waals surface area contributed by atoms with E-state index in [2.05, 4.69) is 19.2 Å². The normalized spacial score (nSPS) is 24.8. The van der Waals surface area contributed by atoms with Crippen LogP contribution in [-0.4, -0.2) is 17.1 Å². The first kappa shape index (κ1) is 15.6. The number of amides is 1. The molecule has 0 unspecified atom stereocenters. The van der Waals surface area contributed by atoms with Crippen LogP contribution in [0, 0.1) is 12.3 Å². The number of aliphatic hydroxyl groups excluding tert-OH is 1. The maximum Gasteiger partial charge on any atom is 0.287 e. The second-order valence-corrected chi connectivity index (χ2v) is 7.76. The third kappa shape index (κ3) is 2.94. The number of carbonyl (C=O) groups excluding carboxylic acids is 1. The van der Waals surface area contributed by atoms with Crippen molar-refractivity contribution in [1.29, 1.82) is 0 Å². The Labute approximate surface area is 132 Å². The number of hydrogen-bond donors (Lipinski definition) is 2. The number of nitrogens with one attached hydrogen (secondary N) is 1. The monoisotopic (exact) mass is 305 g/mol. The summed E-state index contributed by atoms with van der Waals surface area (Å²) in [6.45, 7) is 6.14. The van der Waals surface area contributed by atoms with Crippen LogP contribution in [0.15, 0.2) is 4.42 Å². The van der Waals surface area contributed by atoms with Crippen molar-refractivity contribution in [2.75, 3.05) is 0 Å². The van der Waals surface area contributed by atoms with Gasteiger partial charge in [0, 0.05) is 23.6 Å². The lowest BCUT2D eigenvalue weighted by Gasteiger charge is -2.31. The lowest BCUT2D eigenvalue weighted by atomic mass is 9.75. The molecule has 0 saturated heterocycles. The van der Waals surface area contributed by atoms with Crippen molar-refractivity contribution >= 4 is 5.91 Å². The van der Waals surface area contributed by atoms with Crippen molar-refractivity contribution in [3.63, 3.8) is 0 Å². The Morgan fingerprint density at radius 2 is 1.95 bits per heavy atom. The zero-order valence-electron chi connectivity index (χ0n) is 13.9. The van der Waals surface area contributed by atoms with Gasteiger partial charge in [0.25, 0.3) is 5.91 Å². The standard InChI is InChI=1S/C18H27NO3/c1-11-15-13(20)9-18(2,3)10-14(15)22-16(11)17(21)19-12-7-5-4-6-8-12/h12-13,20H,4-10H2,1-3H3,(H,19,21)/t13-/m1/s1. The van der Waals surface area contributed by atoms with Crippen molar-refractivity contribution < 1.29 is 14.3 Å². The predicted octanol–water partition coefficient (Wildman–Crippen LogP) is 3.66. The summed E-state index contributed by atoms with van der Waals surface area (Å²) in [5.41, 5.74) is 1.66. The van der Waals surface area contributed by atoms with Crippen molar-refractivity contribution in [2.45, 2.75) is 77.9 Å². The van der Waals surface area contributed by atoms with Crippen LogP contribution < -0.4 is 5.32 Å². The van der Waals surface area contributed by atoms with Gasteiger partial charge < -0.3 is 14.8 Å². The molecular formula is C18H27NO3. The predicted molar refractivity (Wildman–Crippen MR) is 84.8 cm³/mol. The molecule has 1 heterocycles. The van der Waals surface area contributed by atoms with E-state index in [1.165, 1.54) is 19.3 Å². The largest absolute Gasteiger partial charge is 0.455 e. The van der Waals surface area contributed by atoms with Crippen molar-refractivity contribution in [2.24, 2.45) is 5.41 Å². The highest BCUT2D eigenvalue weighted by Gasteiger charge is 2.37. The fourth-order valence-corrected chi connectivity index (χ4v) is 4.00. The maximum absolute atomic E-state index is 12.5. The summed E-state index contributed by atoms with van der Waals surface area (Å²) >= 11 is 0. The van der Waals surface area contributed by atoms with Crippen LogP contribution in [-0.2, 0) is 6.42 Å². The van der Waals surface area contributed by atoms with E-state index in [0.717, 1.165) is 36.1 Å². The van der Waals surface area contributed by atoms with Gasteiger partial charge in [0.1, 0.15) is 5.76 Å². The van der Waals surface area contributed by atoms with Gasteiger partial charge >= 0.3 is 0 Å². The Morgan fingerprint density at radius 1 is 1.27 bits per heavy atom. The van der Waals surface area contributed by atoms with E-state index in [1.54, 1.807) is 0 Å². The SMILES string of the molecule is Cc1c(C(=O)NC2CCCCC2)oc2c1[C@H](O)CC(C)(C)C2. The minimum Gasteiger partial charge on any atom is -0.455 e. The van der Waals surface area contributed by atoms with E-state index in [-0.39, 0.29) is 17.4 Å².